The van der Waals surface area contributed by atoms with Gasteiger partial charge in [-0.1, -0.05) is 5.57 Å². The molecule has 1 fully saturated rings. The summed E-state index contributed by atoms with van der Waals surface area (Å²) >= 11 is 0. The van der Waals surface area contributed by atoms with Gasteiger partial charge in [0.25, 0.3) is 0 Å². The van der Waals surface area contributed by atoms with Crippen LogP contribution in [0.4, 0.5) is 0 Å². The van der Waals surface area contributed by atoms with E-state index in [0.29, 0.717) is 12.0 Å². The van der Waals surface area contributed by atoms with Crippen molar-refractivity contribution in [1.29, 1.82) is 0 Å². The van der Waals surface area contributed by atoms with Crippen molar-refractivity contribution in [2.45, 2.75) is 44.8 Å². The number of aliphatic hydroxyl groups excluding tert-OH is 1. The number of aliphatic hydroxyl groups is 2. The minimum Gasteiger partial charge on any atom is -0.386 e. The molecule has 0 unspecified atom stereocenters. The van der Waals surface area contributed by atoms with E-state index >= 15 is 0 Å². The zero-order valence-electron chi connectivity index (χ0n) is 9.58. The Labute approximate surface area is 94.5 Å². The molecule has 16 heavy (non-hydrogen) atoms. The zero-order valence-corrected chi connectivity index (χ0v) is 9.58. The van der Waals surface area contributed by atoms with Gasteiger partial charge in [0.2, 0.25) is 0 Å². The van der Waals surface area contributed by atoms with Crippen LogP contribution in [-0.4, -0.2) is 27.7 Å². The maximum Gasteiger partial charge on any atom is 0.160 e. The van der Waals surface area contributed by atoms with Crippen molar-refractivity contribution >= 4 is 5.78 Å². The molecule has 3 aliphatic rings. The summed E-state index contributed by atoms with van der Waals surface area (Å²) < 4.78 is 0. The van der Waals surface area contributed by atoms with Crippen LogP contribution in [0.25, 0.3) is 0 Å². The first-order valence-electron chi connectivity index (χ1n) is 5.75. The van der Waals surface area contributed by atoms with Gasteiger partial charge in [-0.15, -0.1) is 0 Å². The quantitative estimate of drug-likeness (QED) is 0.643. The highest BCUT2D eigenvalue weighted by Gasteiger charge is 2.64. The third-order valence-corrected chi connectivity index (χ3v) is 4.73. The van der Waals surface area contributed by atoms with Gasteiger partial charge in [0, 0.05) is 11.8 Å². The molecule has 0 saturated heterocycles. The maximum atomic E-state index is 11.4. The molecular weight excluding hydrogens is 204 g/mol. The number of carbonyl (C=O) groups excluding carboxylic acids is 1. The summed E-state index contributed by atoms with van der Waals surface area (Å²) in [6, 6.07) is 0. The van der Waals surface area contributed by atoms with E-state index < -0.39 is 11.7 Å². The Morgan fingerprint density at radius 2 is 2.06 bits per heavy atom. The van der Waals surface area contributed by atoms with Crippen LogP contribution < -0.4 is 0 Å². The summed E-state index contributed by atoms with van der Waals surface area (Å²) in [6.07, 6.45) is 2.80. The van der Waals surface area contributed by atoms with Crippen molar-refractivity contribution in [2.24, 2.45) is 5.41 Å². The summed E-state index contributed by atoms with van der Waals surface area (Å²) in [5, 5.41) is 20.7. The van der Waals surface area contributed by atoms with E-state index in [1.54, 1.807) is 6.92 Å². The summed E-state index contributed by atoms with van der Waals surface area (Å²) in [4.78, 5) is 11.4. The van der Waals surface area contributed by atoms with Crippen molar-refractivity contribution in [2.75, 3.05) is 0 Å². The van der Waals surface area contributed by atoms with Gasteiger partial charge in [0.1, 0.15) is 11.7 Å². The van der Waals surface area contributed by atoms with E-state index in [1.807, 2.05) is 6.92 Å². The average molecular weight is 220 g/mol. The second-order valence-electron chi connectivity index (χ2n) is 5.48. The number of fused-ring (bicyclic) bond motifs is 1. The third kappa shape index (κ3) is 0.937. The first-order chi connectivity index (χ1) is 7.40. The molecule has 0 aliphatic heterocycles. The minimum absolute atomic E-state index is 0.0388. The van der Waals surface area contributed by atoms with Gasteiger partial charge in [-0.05, 0) is 43.9 Å². The topological polar surface area (TPSA) is 57.5 Å². The summed E-state index contributed by atoms with van der Waals surface area (Å²) in [5.74, 6) is 0.0388. The van der Waals surface area contributed by atoms with E-state index in [1.165, 1.54) is 6.08 Å². The Balaban J connectivity index is 2.23. The summed E-state index contributed by atoms with van der Waals surface area (Å²) in [5.41, 5.74) is 1.33. The van der Waals surface area contributed by atoms with Crippen molar-refractivity contribution in [1.82, 2.24) is 0 Å². The largest absolute Gasteiger partial charge is 0.386 e. The van der Waals surface area contributed by atoms with Crippen molar-refractivity contribution in [3.8, 4) is 0 Å². The van der Waals surface area contributed by atoms with E-state index in [0.717, 1.165) is 24.0 Å². The van der Waals surface area contributed by atoms with Crippen LogP contribution in [0.2, 0.25) is 0 Å². The molecule has 2 atom stereocenters. The molecule has 0 amide bonds. The van der Waals surface area contributed by atoms with Crippen LogP contribution in [0.3, 0.4) is 0 Å². The average Bonchev–Trinajstić information content (AvgIpc) is 2.94. The maximum absolute atomic E-state index is 11.4. The van der Waals surface area contributed by atoms with Gasteiger partial charge >= 0.3 is 0 Å². The lowest BCUT2D eigenvalue weighted by Gasteiger charge is -2.44. The fraction of sp³-hybridized carbons (Fsp3) is 0.615. The standard InChI is InChI=1S/C13H16O3/c1-7-9-5-8(14)6-10(9)11(15)12(2,16)13(7)3-4-13/h6,11,15-16H,3-5H2,1-2H3/t11-,12-/m1/s1. The Morgan fingerprint density at radius 1 is 1.44 bits per heavy atom. The number of hydrogen-bond donors (Lipinski definition) is 2. The van der Waals surface area contributed by atoms with Crippen LogP contribution >= 0.6 is 0 Å². The second kappa shape index (κ2) is 2.66. The number of rotatable bonds is 0. The van der Waals surface area contributed by atoms with E-state index in [4.69, 9.17) is 0 Å². The molecule has 0 bridgehead atoms. The lowest BCUT2D eigenvalue weighted by atomic mass is 9.67. The molecule has 3 nitrogen and oxygen atoms in total. The van der Waals surface area contributed by atoms with Crippen LogP contribution in [0.1, 0.15) is 33.1 Å². The lowest BCUT2D eigenvalue weighted by molar-refractivity contribution is -0.113. The van der Waals surface area contributed by atoms with Gasteiger partial charge < -0.3 is 10.2 Å². The minimum atomic E-state index is -1.13. The molecular formula is C13H16O3. The van der Waals surface area contributed by atoms with Crippen molar-refractivity contribution < 1.29 is 15.0 Å². The first kappa shape index (κ1) is 10.2. The first-order valence-corrected chi connectivity index (χ1v) is 5.75. The van der Waals surface area contributed by atoms with Gasteiger partial charge in [-0.2, -0.15) is 0 Å². The predicted octanol–water partition coefficient (Wildman–Crippen LogP) is 1.11. The van der Waals surface area contributed by atoms with Gasteiger partial charge in [0.05, 0.1) is 0 Å². The lowest BCUT2D eigenvalue weighted by Crippen LogP contribution is -2.52. The van der Waals surface area contributed by atoms with Crippen molar-refractivity contribution in [3.05, 3.63) is 22.8 Å². The molecule has 0 heterocycles. The number of allylic oxidation sites excluding steroid dienone is 1. The van der Waals surface area contributed by atoms with Crippen molar-refractivity contribution in [3.63, 3.8) is 0 Å². The highest BCUT2D eigenvalue weighted by Crippen LogP contribution is 2.65. The SMILES string of the molecule is CC1=C2CC(=O)C=C2[C@@H](O)[C@@](C)(O)C12CC2. The Hall–Kier alpha value is -0.930. The van der Waals surface area contributed by atoms with Crippen LogP contribution in [-0.2, 0) is 4.79 Å². The molecule has 0 radical (unpaired) electrons. The van der Waals surface area contributed by atoms with E-state index in [9.17, 15) is 15.0 Å². The molecule has 2 N–H and O–H groups in total. The predicted molar refractivity (Wildman–Crippen MR) is 58.7 cm³/mol. The third-order valence-electron chi connectivity index (χ3n) is 4.73. The highest BCUT2D eigenvalue weighted by molar-refractivity contribution is 5.98. The van der Waals surface area contributed by atoms with Crippen LogP contribution in [0, 0.1) is 5.41 Å². The molecule has 3 aliphatic carbocycles. The van der Waals surface area contributed by atoms with Crippen LogP contribution in [0.5, 0.6) is 0 Å². The molecule has 3 rings (SSSR count). The molecule has 1 spiro atoms. The number of ketones is 1. The molecule has 0 aromatic carbocycles. The van der Waals surface area contributed by atoms with Gasteiger partial charge in [-0.25, -0.2) is 0 Å². The number of carbonyl (C=O) groups is 1. The summed E-state index contributed by atoms with van der Waals surface area (Å²) in [6.45, 7) is 3.68. The Kier molecular flexibility index (Phi) is 1.70. The molecule has 86 valence electrons. The van der Waals surface area contributed by atoms with Gasteiger partial charge in [0.15, 0.2) is 5.78 Å². The molecule has 0 aromatic heterocycles. The normalized spacial score (nSPS) is 40.1. The Bertz CT molecular complexity index is 450. The van der Waals surface area contributed by atoms with Crippen LogP contribution in [0.15, 0.2) is 22.8 Å². The zero-order chi connectivity index (χ0) is 11.7. The molecule has 3 heteroatoms. The second-order valence-corrected chi connectivity index (χ2v) is 5.48. The fourth-order valence-corrected chi connectivity index (χ4v) is 3.42. The smallest absolute Gasteiger partial charge is 0.160 e. The summed E-state index contributed by atoms with van der Waals surface area (Å²) in [7, 11) is 0. The van der Waals surface area contributed by atoms with E-state index in [2.05, 4.69) is 0 Å². The van der Waals surface area contributed by atoms with E-state index in [-0.39, 0.29) is 11.2 Å². The molecule has 1 saturated carbocycles. The highest BCUT2D eigenvalue weighted by atomic mass is 16.3. The van der Waals surface area contributed by atoms with Gasteiger partial charge in [-0.3, -0.25) is 4.79 Å². The fourth-order valence-electron chi connectivity index (χ4n) is 3.42. The molecule has 0 aromatic rings. The number of hydrogen-bond acceptors (Lipinski definition) is 3. The Morgan fingerprint density at radius 3 is 2.62 bits per heavy atom. The monoisotopic (exact) mass is 220 g/mol.